The van der Waals surface area contributed by atoms with Crippen molar-refractivity contribution in [1.82, 2.24) is 10.6 Å². The Morgan fingerprint density at radius 2 is 1.81 bits per heavy atom. The Morgan fingerprint density at radius 3 is 2.44 bits per heavy atom. The molecule has 36 heavy (non-hydrogen) atoms. The highest BCUT2D eigenvalue weighted by Crippen LogP contribution is 2.23. The van der Waals surface area contributed by atoms with Gasteiger partial charge in [0.2, 0.25) is 5.91 Å². The summed E-state index contributed by atoms with van der Waals surface area (Å²) in [6, 6.07) is 6.35. The van der Waals surface area contributed by atoms with Crippen LogP contribution in [0.25, 0.3) is 0 Å². The summed E-state index contributed by atoms with van der Waals surface area (Å²) in [6.45, 7) is 10.3. The molecule has 5 N–H and O–H groups in total. The molecule has 0 heterocycles. The fourth-order valence-corrected chi connectivity index (χ4v) is 3.94. The van der Waals surface area contributed by atoms with E-state index < -0.39 is 12.1 Å². The maximum atomic E-state index is 13.0. The summed E-state index contributed by atoms with van der Waals surface area (Å²) in [5, 5.41) is 9.76. The van der Waals surface area contributed by atoms with Gasteiger partial charge in [-0.15, -0.1) is 0 Å². The number of unbranched alkanes of at least 4 members (excludes halogenated alkanes) is 1. The van der Waals surface area contributed by atoms with E-state index in [-0.39, 0.29) is 29.6 Å². The van der Waals surface area contributed by atoms with Crippen LogP contribution in [-0.4, -0.2) is 57.3 Å². The third-order valence-corrected chi connectivity index (χ3v) is 6.46. The quantitative estimate of drug-likeness (QED) is 0.165. The Kier molecular flexibility index (Phi) is 15.6. The number of nitrogens with zero attached hydrogens (tertiary/aromatic N) is 1. The lowest BCUT2D eigenvalue weighted by atomic mass is 9.85. The number of para-hydroxylation sites is 1. The Labute approximate surface area is 216 Å². The number of ether oxygens (including phenoxy) is 2. The van der Waals surface area contributed by atoms with Gasteiger partial charge in [0.05, 0.1) is 18.2 Å². The molecule has 9 nitrogen and oxygen atoms in total. The van der Waals surface area contributed by atoms with Gasteiger partial charge in [-0.1, -0.05) is 46.2 Å². The van der Waals surface area contributed by atoms with Gasteiger partial charge in [0.15, 0.2) is 0 Å². The van der Waals surface area contributed by atoms with Gasteiger partial charge in [0.25, 0.3) is 5.91 Å². The Hall–Kier alpha value is -2.52. The zero-order valence-electron chi connectivity index (χ0n) is 22.7. The topological polar surface area (TPSA) is 139 Å². The van der Waals surface area contributed by atoms with Gasteiger partial charge in [-0.05, 0) is 43.2 Å². The zero-order valence-corrected chi connectivity index (χ0v) is 22.7. The monoisotopic (exact) mass is 505 g/mol. The number of carbonyl (C=O) groups is 2. The van der Waals surface area contributed by atoms with Crippen LogP contribution in [0, 0.1) is 23.3 Å². The summed E-state index contributed by atoms with van der Waals surface area (Å²) < 4.78 is 10.8. The van der Waals surface area contributed by atoms with Crippen LogP contribution in [-0.2, 0) is 9.53 Å². The normalized spacial score (nSPS) is 14.5. The second-order valence-corrected chi connectivity index (χ2v) is 9.78. The molecular weight excluding hydrogens is 458 g/mol. The minimum atomic E-state index is -0.420. The van der Waals surface area contributed by atoms with E-state index in [9.17, 15) is 9.59 Å². The largest absolute Gasteiger partial charge is 0.493 e. The van der Waals surface area contributed by atoms with Gasteiger partial charge in [0.1, 0.15) is 5.75 Å². The molecule has 1 aromatic rings. The molecule has 0 unspecified atom stereocenters. The molecule has 0 fully saturated rings. The first-order valence-electron chi connectivity index (χ1n) is 13.1. The Morgan fingerprint density at radius 1 is 1.08 bits per heavy atom. The van der Waals surface area contributed by atoms with Crippen LogP contribution < -0.4 is 21.1 Å². The number of carbonyl (C=O) groups excluding carboxylic acids is 2. The predicted molar refractivity (Wildman–Crippen MR) is 142 cm³/mol. The average Bonchev–Trinajstić information content (AvgIpc) is 2.86. The number of methoxy groups -OCH3 is 1. The van der Waals surface area contributed by atoms with Crippen molar-refractivity contribution in [1.29, 1.82) is 5.53 Å². The van der Waals surface area contributed by atoms with E-state index in [1.807, 2.05) is 19.1 Å². The van der Waals surface area contributed by atoms with Gasteiger partial charge < -0.3 is 25.8 Å². The average molecular weight is 506 g/mol. The van der Waals surface area contributed by atoms with Crippen LogP contribution in [0.2, 0.25) is 0 Å². The number of rotatable bonds is 19. The molecule has 204 valence electrons. The molecule has 0 aliphatic heterocycles. The van der Waals surface area contributed by atoms with Crippen LogP contribution in [0.4, 0.5) is 0 Å². The minimum absolute atomic E-state index is 0.0154. The van der Waals surface area contributed by atoms with Crippen molar-refractivity contribution >= 4 is 11.8 Å². The highest BCUT2D eigenvalue weighted by Gasteiger charge is 2.27. The van der Waals surface area contributed by atoms with Gasteiger partial charge in [-0.3, -0.25) is 9.59 Å². The second kappa shape index (κ2) is 17.8. The fraction of sp³-hybridized carbons (Fsp3) is 0.704. The molecule has 0 spiro atoms. The van der Waals surface area contributed by atoms with Crippen molar-refractivity contribution in [2.75, 3.05) is 33.4 Å². The first kappa shape index (κ1) is 31.5. The molecule has 9 heteroatoms. The second-order valence-electron chi connectivity index (χ2n) is 9.78. The lowest BCUT2D eigenvalue weighted by Gasteiger charge is -2.28. The number of benzene rings is 1. The van der Waals surface area contributed by atoms with Crippen molar-refractivity contribution in [3.8, 4) is 5.75 Å². The highest BCUT2D eigenvalue weighted by atomic mass is 16.5. The molecule has 0 aromatic heterocycles. The number of hydrogen-bond acceptors (Lipinski definition) is 7. The lowest BCUT2D eigenvalue weighted by molar-refractivity contribution is -0.124. The Balaban J connectivity index is 2.70. The standard InChI is InChI=1S/C27H47N5O4/c1-6-7-13-30-26(33)20(4)16-23(28)24(32-29)17-21(19(2)3)18-31-27(34)22-11-8-9-12-25(22)36-15-10-14-35-5/h8-9,11-12,19-21,23-24,29H,6-7,10,13-18,28H2,1-5H3,(H,30,33)(H,31,34)/t20-,21-,23+,24+/m1/s1. The van der Waals surface area contributed by atoms with E-state index in [0.29, 0.717) is 50.5 Å². The number of amides is 2. The molecular formula is C27H47N5O4. The van der Waals surface area contributed by atoms with Gasteiger partial charge >= 0.3 is 0 Å². The zero-order chi connectivity index (χ0) is 26.9. The number of hydrogen-bond donors (Lipinski definition) is 4. The van der Waals surface area contributed by atoms with E-state index in [1.54, 1.807) is 19.2 Å². The first-order valence-corrected chi connectivity index (χ1v) is 13.1. The highest BCUT2D eigenvalue weighted by molar-refractivity contribution is 5.96. The van der Waals surface area contributed by atoms with Crippen molar-refractivity contribution in [2.45, 2.75) is 71.9 Å². The maximum Gasteiger partial charge on any atom is 0.255 e. The smallest absolute Gasteiger partial charge is 0.255 e. The van der Waals surface area contributed by atoms with Crippen molar-refractivity contribution < 1.29 is 19.1 Å². The van der Waals surface area contributed by atoms with E-state index >= 15 is 0 Å². The number of nitrogens with one attached hydrogen (secondary N) is 3. The van der Waals surface area contributed by atoms with E-state index in [2.05, 4.69) is 36.5 Å². The molecule has 0 saturated heterocycles. The van der Waals surface area contributed by atoms with Crippen LogP contribution >= 0.6 is 0 Å². The Bertz CT molecular complexity index is 789. The molecule has 1 rings (SSSR count). The van der Waals surface area contributed by atoms with Gasteiger partial charge in [0, 0.05) is 45.2 Å². The van der Waals surface area contributed by atoms with E-state index in [0.717, 1.165) is 19.3 Å². The van der Waals surface area contributed by atoms with Crippen LogP contribution in [0.1, 0.15) is 70.2 Å². The van der Waals surface area contributed by atoms with Gasteiger partial charge in [-0.2, -0.15) is 5.11 Å². The van der Waals surface area contributed by atoms with Crippen molar-refractivity contribution in [3.63, 3.8) is 0 Å². The molecule has 2 amide bonds. The molecule has 0 aliphatic carbocycles. The van der Waals surface area contributed by atoms with Crippen LogP contribution in [0.15, 0.2) is 29.4 Å². The molecule has 0 bridgehead atoms. The van der Waals surface area contributed by atoms with E-state index in [4.69, 9.17) is 20.7 Å². The summed E-state index contributed by atoms with van der Waals surface area (Å²) >= 11 is 0. The molecule has 0 aliphatic rings. The summed E-state index contributed by atoms with van der Waals surface area (Å²) in [4.78, 5) is 25.3. The maximum absolute atomic E-state index is 13.0. The number of nitrogens with two attached hydrogens (primary N) is 1. The molecule has 4 atom stereocenters. The molecule has 0 saturated carbocycles. The first-order chi connectivity index (χ1) is 17.2. The third kappa shape index (κ3) is 11.5. The summed E-state index contributed by atoms with van der Waals surface area (Å²) in [6.07, 6.45) is 3.71. The SMILES string of the molecule is CCCCNC(=O)[C@H](C)C[C@H](N)[C@H](C[C@H](CNC(=O)c1ccccc1OCCCOC)C(C)C)N=N. The summed E-state index contributed by atoms with van der Waals surface area (Å²) in [5.74, 6) is 0.389. The summed E-state index contributed by atoms with van der Waals surface area (Å²) in [7, 11) is 1.64. The fourth-order valence-electron chi connectivity index (χ4n) is 3.94. The van der Waals surface area contributed by atoms with Gasteiger partial charge in [-0.25, -0.2) is 5.53 Å². The molecule has 1 aromatic carbocycles. The minimum Gasteiger partial charge on any atom is -0.493 e. The summed E-state index contributed by atoms with van der Waals surface area (Å²) in [5.41, 5.74) is 14.6. The predicted octanol–water partition coefficient (Wildman–Crippen LogP) is 4.16. The van der Waals surface area contributed by atoms with Crippen LogP contribution in [0.5, 0.6) is 5.75 Å². The van der Waals surface area contributed by atoms with Crippen molar-refractivity contribution in [2.24, 2.45) is 28.6 Å². The molecule has 0 radical (unpaired) electrons. The lowest BCUT2D eigenvalue weighted by Crippen LogP contribution is -2.41. The van der Waals surface area contributed by atoms with E-state index in [1.165, 1.54) is 0 Å². The van der Waals surface area contributed by atoms with Crippen molar-refractivity contribution in [3.05, 3.63) is 29.8 Å². The van der Waals surface area contributed by atoms with Crippen LogP contribution in [0.3, 0.4) is 0 Å². The third-order valence-electron chi connectivity index (χ3n) is 6.46.